The average molecular weight is 271 g/mol. The standard InChI is InChI=1S/C17H21NO2/c1-3-19-17-10-5-4-8-15(17)13-20-16-9-6-7-14(11-16)12-18-2/h4-11,18H,3,12-13H2,1-2H3. The van der Waals surface area contributed by atoms with Crippen molar-refractivity contribution in [3.63, 3.8) is 0 Å². The van der Waals surface area contributed by atoms with Crippen molar-refractivity contribution in [2.45, 2.75) is 20.1 Å². The van der Waals surface area contributed by atoms with E-state index in [2.05, 4.69) is 17.4 Å². The van der Waals surface area contributed by atoms with Gasteiger partial charge in [0, 0.05) is 12.1 Å². The van der Waals surface area contributed by atoms with Crippen molar-refractivity contribution in [1.82, 2.24) is 5.32 Å². The Balaban J connectivity index is 2.03. The molecule has 0 heterocycles. The van der Waals surface area contributed by atoms with Gasteiger partial charge in [0.05, 0.1) is 6.61 Å². The van der Waals surface area contributed by atoms with Gasteiger partial charge in [0.25, 0.3) is 0 Å². The van der Waals surface area contributed by atoms with Gasteiger partial charge in [-0.15, -0.1) is 0 Å². The van der Waals surface area contributed by atoms with E-state index < -0.39 is 0 Å². The van der Waals surface area contributed by atoms with Gasteiger partial charge in [-0.25, -0.2) is 0 Å². The van der Waals surface area contributed by atoms with E-state index in [4.69, 9.17) is 9.47 Å². The molecule has 0 radical (unpaired) electrons. The van der Waals surface area contributed by atoms with Crippen LogP contribution in [0.5, 0.6) is 11.5 Å². The quantitative estimate of drug-likeness (QED) is 0.837. The molecule has 0 bridgehead atoms. The van der Waals surface area contributed by atoms with Gasteiger partial charge in [-0.1, -0.05) is 30.3 Å². The van der Waals surface area contributed by atoms with Crippen LogP contribution in [0.15, 0.2) is 48.5 Å². The molecule has 0 saturated heterocycles. The second kappa shape index (κ2) is 7.56. The van der Waals surface area contributed by atoms with Crippen molar-refractivity contribution >= 4 is 0 Å². The zero-order valence-corrected chi connectivity index (χ0v) is 12.1. The molecule has 2 aromatic rings. The molecule has 3 heteroatoms. The third-order valence-electron chi connectivity index (χ3n) is 2.95. The van der Waals surface area contributed by atoms with E-state index in [0.717, 1.165) is 23.6 Å². The lowest BCUT2D eigenvalue weighted by molar-refractivity contribution is 0.286. The van der Waals surface area contributed by atoms with Crippen LogP contribution in [0, 0.1) is 0 Å². The number of ether oxygens (including phenoxy) is 2. The van der Waals surface area contributed by atoms with Crippen LogP contribution in [-0.2, 0) is 13.2 Å². The minimum atomic E-state index is 0.513. The van der Waals surface area contributed by atoms with Crippen LogP contribution in [0.4, 0.5) is 0 Å². The number of hydrogen-bond acceptors (Lipinski definition) is 3. The fraction of sp³-hybridized carbons (Fsp3) is 0.294. The van der Waals surface area contributed by atoms with Crippen molar-refractivity contribution in [3.05, 3.63) is 59.7 Å². The molecule has 0 aliphatic carbocycles. The van der Waals surface area contributed by atoms with E-state index >= 15 is 0 Å². The Morgan fingerprint density at radius 3 is 2.65 bits per heavy atom. The van der Waals surface area contributed by atoms with E-state index in [1.165, 1.54) is 5.56 Å². The first-order chi connectivity index (χ1) is 9.83. The maximum absolute atomic E-state index is 5.86. The monoisotopic (exact) mass is 271 g/mol. The molecule has 0 aromatic heterocycles. The van der Waals surface area contributed by atoms with Crippen LogP contribution in [-0.4, -0.2) is 13.7 Å². The zero-order chi connectivity index (χ0) is 14.2. The van der Waals surface area contributed by atoms with Gasteiger partial charge in [-0.3, -0.25) is 0 Å². The average Bonchev–Trinajstić information content (AvgIpc) is 2.47. The van der Waals surface area contributed by atoms with Gasteiger partial charge in [-0.2, -0.15) is 0 Å². The van der Waals surface area contributed by atoms with Crippen LogP contribution in [0.2, 0.25) is 0 Å². The lowest BCUT2D eigenvalue weighted by Crippen LogP contribution is -2.05. The van der Waals surface area contributed by atoms with Crippen LogP contribution >= 0.6 is 0 Å². The minimum absolute atomic E-state index is 0.513. The zero-order valence-electron chi connectivity index (χ0n) is 12.1. The Labute approximate surface area is 120 Å². The van der Waals surface area contributed by atoms with Crippen molar-refractivity contribution in [1.29, 1.82) is 0 Å². The number of benzene rings is 2. The lowest BCUT2D eigenvalue weighted by Gasteiger charge is -2.12. The fourth-order valence-electron chi connectivity index (χ4n) is 2.03. The first-order valence-corrected chi connectivity index (χ1v) is 6.90. The van der Waals surface area contributed by atoms with Crippen LogP contribution in [0.1, 0.15) is 18.1 Å². The SMILES string of the molecule is CCOc1ccccc1COc1cccc(CNC)c1. The van der Waals surface area contributed by atoms with Gasteiger partial charge in [0.1, 0.15) is 18.1 Å². The molecule has 20 heavy (non-hydrogen) atoms. The van der Waals surface area contributed by atoms with Crippen LogP contribution in [0.3, 0.4) is 0 Å². The third kappa shape index (κ3) is 4.00. The summed E-state index contributed by atoms with van der Waals surface area (Å²) >= 11 is 0. The Hall–Kier alpha value is -2.00. The molecule has 106 valence electrons. The summed E-state index contributed by atoms with van der Waals surface area (Å²) in [4.78, 5) is 0. The van der Waals surface area contributed by atoms with Gasteiger partial charge in [-0.05, 0) is 37.7 Å². The van der Waals surface area contributed by atoms with Gasteiger partial charge in [0.2, 0.25) is 0 Å². The largest absolute Gasteiger partial charge is 0.493 e. The molecule has 1 N–H and O–H groups in total. The Kier molecular flexibility index (Phi) is 5.44. The molecule has 2 aromatic carbocycles. The lowest BCUT2D eigenvalue weighted by atomic mass is 10.2. The first-order valence-electron chi connectivity index (χ1n) is 6.90. The van der Waals surface area contributed by atoms with Crippen molar-refractivity contribution in [3.8, 4) is 11.5 Å². The summed E-state index contributed by atoms with van der Waals surface area (Å²) < 4.78 is 11.5. The molecule has 0 aliphatic heterocycles. The van der Waals surface area contributed by atoms with Gasteiger partial charge < -0.3 is 14.8 Å². The predicted molar refractivity (Wildman–Crippen MR) is 81.1 cm³/mol. The number of hydrogen-bond donors (Lipinski definition) is 1. The van der Waals surface area contributed by atoms with Crippen LogP contribution in [0.25, 0.3) is 0 Å². The summed E-state index contributed by atoms with van der Waals surface area (Å²) in [6.07, 6.45) is 0. The molecule has 0 unspecified atom stereocenters. The van der Waals surface area contributed by atoms with Crippen LogP contribution < -0.4 is 14.8 Å². The molecule has 2 rings (SSSR count). The Morgan fingerprint density at radius 1 is 1.00 bits per heavy atom. The van der Waals surface area contributed by atoms with E-state index in [0.29, 0.717) is 13.2 Å². The summed E-state index contributed by atoms with van der Waals surface area (Å²) in [6, 6.07) is 16.1. The van der Waals surface area contributed by atoms with E-state index in [1.807, 2.05) is 50.4 Å². The number of para-hydroxylation sites is 1. The summed E-state index contributed by atoms with van der Waals surface area (Å²) in [5, 5.41) is 3.14. The molecule has 0 spiro atoms. The van der Waals surface area contributed by atoms with Crippen molar-refractivity contribution < 1.29 is 9.47 Å². The highest BCUT2D eigenvalue weighted by molar-refractivity contribution is 5.34. The van der Waals surface area contributed by atoms with E-state index in [9.17, 15) is 0 Å². The molecule has 0 saturated carbocycles. The summed E-state index contributed by atoms with van der Waals surface area (Å²) in [7, 11) is 1.94. The fourth-order valence-corrected chi connectivity index (χ4v) is 2.03. The third-order valence-corrected chi connectivity index (χ3v) is 2.95. The minimum Gasteiger partial charge on any atom is -0.493 e. The maximum atomic E-state index is 5.86. The summed E-state index contributed by atoms with van der Waals surface area (Å²) in [5.74, 6) is 1.77. The van der Waals surface area contributed by atoms with E-state index in [-0.39, 0.29) is 0 Å². The Morgan fingerprint density at radius 2 is 1.85 bits per heavy atom. The van der Waals surface area contributed by atoms with E-state index in [1.54, 1.807) is 0 Å². The van der Waals surface area contributed by atoms with Crippen molar-refractivity contribution in [2.75, 3.05) is 13.7 Å². The Bertz CT molecular complexity index is 540. The molecule has 0 aliphatic rings. The normalized spacial score (nSPS) is 10.3. The summed E-state index contributed by atoms with van der Waals surface area (Å²) in [5.41, 5.74) is 2.27. The van der Waals surface area contributed by atoms with Crippen molar-refractivity contribution in [2.24, 2.45) is 0 Å². The number of rotatable bonds is 7. The molecule has 0 amide bonds. The highest BCUT2D eigenvalue weighted by Gasteiger charge is 2.03. The smallest absolute Gasteiger partial charge is 0.125 e. The molecule has 3 nitrogen and oxygen atoms in total. The highest BCUT2D eigenvalue weighted by Crippen LogP contribution is 2.21. The number of nitrogens with one attached hydrogen (secondary N) is 1. The second-order valence-corrected chi connectivity index (χ2v) is 4.51. The molecular weight excluding hydrogens is 250 g/mol. The topological polar surface area (TPSA) is 30.5 Å². The molecular formula is C17H21NO2. The summed E-state index contributed by atoms with van der Waals surface area (Å²) in [6.45, 7) is 4.00. The molecule has 0 atom stereocenters. The molecule has 0 fully saturated rings. The highest BCUT2D eigenvalue weighted by atomic mass is 16.5. The predicted octanol–water partition coefficient (Wildman–Crippen LogP) is 3.38. The first kappa shape index (κ1) is 14.4. The second-order valence-electron chi connectivity index (χ2n) is 4.51. The van der Waals surface area contributed by atoms with Gasteiger partial charge in [0.15, 0.2) is 0 Å². The maximum Gasteiger partial charge on any atom is 0.125 e. The van der Waals surface area contributed by atoms with Gasteiger partial charge >= 0.3 is 0 Å².